The predicted octanol–water partition coefficient (Wildman–Crippen LogP) is 2.82. The first-order valence-corrected chi connectivity index (χ1v) is 9.56. The third-order valence-corrected chi connectivity index (χ3v) is 4.83. The Morgan fingerprint density at radius 1 is 1.11 bits per heavy atom. The SMILES string of the molecule is CC(C)n1cnc2c(NCCN3CCOCC3)nc(-c3ccccc3)nc21. The van der Waals surface area contributed by atoms with Crippen LogP contribution in [0.25, 0.3) is 22.6 Å². The van der Waals surface area contributed by atoms with Crippen molar-refractivity contribution in [2.75, 3.05) is 44.7 Å². The first-order chi connectivity index (χ1) is 13.2. The van der Waals surface area contributed by atoms with Gasteiger partial charge in [-0.25, -0.2) is 15.0 Å². The zero-order chi connectivity index (χ0) is 18.6. The number of aromatic nitrogens is 4. The van der Waals surface area contributed by atoms with E-state index >= 15 is 0 Å². The van der Waals surface area contributed by atoms with Crippen molar-refractivity contribution < 1.29 is 4.74 Å². The highest BCUT2D eigenvalue weighted by Gasteiger charge is 2.16. The lowest BCUT2D eigenvalue weighted by atomic mass is 10.2. The summed E-state index contributed by atoms with van der Waals surface area (Å²) in [6, 6.07) is 10.4. The molecule has 0 atom stereocenters. The molecule has 3 aromatic rings. The lowest BCUT2D eigenvalue weighted by Gasteiger charge is -2.26. The highest BCUT2D eigenvalue weighted by Crippen LogP contribution is 2.25. The van der Waals surface area contributed by atoms with Crippen molar-refractivity contribution in [2.24, 2.45) is 0 Å². The van der Waals surface area contributed by atoms with Gasteiger partial charge >= 0.3 is 0 Å². The van der Waals surface area contributed by atoms with E-state index in [0.717, 1.165) is 67.8 Å². The van der Waals surface area contributed by atoms with Gasteiger partial charge in [0.1, 0.15) is 5.52 Å². The van der Waals surface area contributed by atoms with Gasteiger partial charge in [-0.15, -0.1) is 0 Å². The van der Waals surface area contributed by atoms with E-state index in [2.05, 4.69) is 33.6 Å². The fourth-order valence-corrected chi connectivity index (χ4v) is 3.29. The van der Waals surface area contributed by atoms with Gasteiger partial charge in [-0.3, -0.25) is 4.90 Å². The van der Waals surface area contributed by atoms with Crippen molar-refractivity contribution in [1.82, 2.24) is 24.4 Å². The molecule has 1 aliphatic heterocycles. The summed E-state index contributed by atoms with van der Waals surface area (Å²) in [4.78, 5) is 16.6. The molecule has 0 saturated carbocycles. The van der Waals surface area contributed by atoms with E-state index in [1.807, 2.05) is 36.7 Å². The summed E-state index contributed by atoms with van der Waals surface area (Å²) in [6.07, 6.45) is 1.85. The van der Waals surface area contributed by atoms with Crippen LogP contribution >= 0.6 is 0 Å². The number of rotatable bonds is 6. The third-order valence-electron chi connectivity index (χ3n) is 4.83. The Hall–Kier alpha value is -2.51. The molecule has 4 rings (SSSR count). The van der Waals surface area contributed by atoms with Crippen molar-refractivity contribution in [2.45, 2.75) is 19.9 Å². The van der Waals surface area contributed by atoms with Gasteiger partial charge < -0.3 is 14.6 Å². The number of morpholine rings is 1. The molecular weight excluding hydrogens is 340 g/mol. The maximum Gasteiger partial charge on any atom is 0.166 e. The van der Waals surface area contributed by atoms with E-state index < -0.39 is 0 Å². The fourth-order valence-electron chi connectivity index (χ4n) is 3.29. The predicted molar refractivity (Wildman–Crippen MR) is 107 cm³/mol. The average molecular weight is 366 g/mol. The van der Waals surface area contributed by atoms with Crippen LogP contribution in [0.2, 0.25) is 0 Å². The molecule has 1 fully saturated rings. The molecule has 27 heavy (non-hydrogen) atoms. The topological polar surface area (TPSA) is 68.1 Å². The highest BCUT2D eigenvalue weighted by atomic mass is 16.5. The van der Waals surface area contributed by atoms with E-state index in [4.69, 9.17) is 14.7 Å². The van der Waals surface area contributed by atoms with Crippen molar-refractivity contribution in [1.29, 1.82) is 0 Å². The van der Waals surface area contributed by atoms with Crippen molar-refractivity contribution in [3.05, 3.63) is 36.7 Å². The van der Waals surface area contributed by atoms with Crippen LogP contribution in [0.3, 0.4) is 0 Å². The summed E-state index contributed by atoms with van der Waals surface area (Å²) < 4.78 is 7.51. The fraction of sp³-hybridized carbons (Fsp3) is 0.450. The second-order valence-electron chi connectivity index (χ2n) is 7.06. The number of hydrogen-bond acceptors (Lipinski definition) is 6. The van der Waals surface area contributed by atoms with Gasteiger partial charge in [0.15, 0.2) is 17.3 Å². The molecule has 0 radical (unpaired) electrons. The number of benzene rings is 1. The molecule has 2 aromatic heterocycles. The quantitative estimate of drug-likeness (QED) is 0.724. The lowest BCUT2D eigenvalue weighted by molar-refractivity contribution is 0.0398. The molecule has 1 N–H and O–H groups in total. The first-order valence-electron chi connectivity index (χ1n) is 9.56. The Balaban J connectivity index is 1.63. The van der Waals surface area contributed by atoms with Crippen LogP contribution < -0.4 is 5.32 Å². The normalized spacial score (nSPS) is 15.5. The number of ether oxygens (including phenoxy) is 1. The molecule has 1 aromatic carbocycles. The molecule has 0 amide bonds. The summed E-state index contributed by atoms with van der Waals surface area (Å²) in [5, 5.41) is 3.49. The van der Waals surface area contributed by atoms with E-state index in [1.54, 1.807) is 0 Å². The minimum Gasteiger partial charge on any atom is -0.379 e. The van der Waals surface area contributed by atoms with Crippen LogP contribution in [0.15, 0.2) is 36.7 Å². The molecule has 0 aliphatic carbocycles. The average Bonchev–Trinajstić information content (AvgIpc) is 3.14. The van der Waals surface area contributed by atoms with Crippen molar-refractivity contribution in [3.63, 3.8) is 0 Å². The summed E-state index contributed by atoms with van der Waals surface area (Å²) in [5.74, 6) is 1.52. The standard InChI is InChI=1S/C20H26N6O/c1-15(2)26-14-22-17-19(21-8-9-25-10-12-27-13-11-25)23-18(24-20(17)26)16-6-4-3-5-7-16/h3-7,14-15H,8-13H2,1-2H3,(H,21,23,24). The van der Waals surface area contributed by atoms with Gasteiger partial charge in [-0.2, -0.15) is 0 Å². The third kappa shape index (κ3) is 3.94. The molecular formula is C20H26N6O. The minimum absolute atomic E-state index is 0.287. The zero-order valence-electron chi connectivity index (χ0n) is 15.9. The summed E-state index contributed by atoms with van der Waals surface area (Å²) in [7, 11) is 0. The number of nitrogens with zero attached hydrogens (tertiary/aromatic N) is 5. The monoisotopic (exact) mass is 366 g/mol. The smallest absolute Gasteiger partial charge is 0.166 e. The Bertz CT molecular complexity index is 886. The Kier molecular flexibility index (Phi) is 5.31. The molecule has 7 nitrogen and oxygen atoms in total. The van der Waals surface area contributed by atoms with Crippen molar-refractivity contribution in [3.8, 4) is 11.4 Å². The summed E-state index contributed by atoms with van der Waals surface area (Å²) in [6.45, 7) is 9.64. The van der Waals surface area contributed by atoms with E-state index in [0.29, 0.717) is 0 Å². The maximum absolute atomic E-state index is 5.42. The Morgan fingerprint density at radius 3 is 2.63 bits per heavy atom. The molecule has 0 spiro atoms. The minimum atomic E-state index is 0.287. The summed E-state index contributed by atoms with van der Waals surface area (Å²) in [5.41, 5.74) is 2.70. The summed E-state index contributed by atoms with van der Waals surface area (Å²) >= 11 is 0. The van der Waals surface area contributed by atoms with Crippen LogP contribution in [0.4, 0.5) is 5.82 Å². The zero-order valence-corrected chi connectivity index (χ0v) is 15.9. The molecule has 7 heteroatoms. The molecule has 1 aliphatic rings. The van der Waals surface area contributed by atoms with Gasteiger partial charge in [0.25, 0.3) is 0 Å². The molecule has 0 unspecified atom stereocenters. The highest BCUT2D eigenvalue weighted by molar-refractivity contribution is 5.85. The largest absolute Gasteiger partial charge is 0.379 e. The second-order valence-corrected chi connectivity index (χ2v) is 7.06. The van der Waals surface area contributed by atoms with E-state index in [9.17, 15) is 0 Å². The van der Waals surface area contributed by atoms with E-state index in [1.165, 1.54) is 0 Å². The van der Waals surface area contributed by atoms with Crippen molar-refractivity contribution >= 4 is 17.0 Å². The van der Waals surface area contributed by atoms with Gasteiger partial charge in [-0.05, 0) is 13.8 Å². The number of nitrogens with one attached hydrogen (secondary N) is 1. The molecule has 3 heterocycles. The van der Waals surface area contributed by atoms with Crippen LogP contribution in [0, 0.1) is 0 Å². The van der Waals surface area contributed by atoms with Gasteiger partial charge in [-0.1, -0.05) is 30.3 Å². The van der Waals surface area contributed by atoms with Gasteiger partial charge in [0, 0.05) is 37.8 Å². The van der Waals surface area contributed by atoms with Crippen LogP contribution in [0.5, 0.6) is 0 Å². The molecule has 1 saturated heterocycles. The van der Waals surface area contributed by atoms with E-state index in [-0.39, 0.29) is 6.04 Å². The van der Waals surface area contributed by atoms with Gasteiger partial charge in [0.2, 0.25) is 0 Å². The Labute approximate surface area is 159 Å². The van der Waals surface area contributed by atoms with Crippen LogP contribution in [-0.4, -0.2) is 63.8 Å². The van der Waals surface area contributed by atoms with Crippen LogP contribution in [0.1, 0.15) is 19.9 Å². The molecule has 142 valence electrons. The lowest BCUT2D eigenvalue weighted by Crippen LogP contribution is -2.39. The number of imidazole rings is 1. The first kappa shape index (κ1) is 17.9. The number of fused-ring (bicyclic) bond motifs is 1. The second kappa shape index (κ2) is 8.02. The van der Waals surface area contributed by atoms with Gasteiger partial charge in [0.05, 0.1) is 19.5 Å². The van der Waals surface area contributed by atoms with Crippen LogP contribution in [-0.2, 0) is 4.74 Å². The number of anilines is 1. The Morgan fingerprint density at radius 2 is 1.89 bits per heavy atom. The maximum atomic E-state index is 5.42. The number of hydrogen-bond donors (Lipinski definition) is 1. The molecule has 0 bridgehead atoms.